The third kappa shape index (κ3) is 6.10. The number of carbonyl (C=O) groups is 2. The molecule has 1 aliphatic rings. The number of likely N-dealkylation sites (N-methyl/N-ethyl adjacent to an activating group) is 1. The summed E-state index contributed by atoms with van der Waals surface area (Å²) in [6, 6.07) is -0.860. The third-order valence-electron chi connectivity index (χ3n) is 4.16. The van der Waals surface area contributed by atoms with Crippen LogP contribution in [0.1, 0.15) is 38.5 Å². The molecule has 156 valence electrons. The van der Waals surface area contributed by atoms with Crippen LogP contribution in [0.15, 0.2) is 23.0 Å². The fourth-order valence-electron chi connectivity index (χ4n) is 2.80. The highest BCUT2D eigenvalue weighted by molar-refractivity contribution is 5.76. The summed E-state index contributed by atoms with van der Waals surface area (Å²) in [7, 11) is 1.74. The van der Waals surface area contributed by atoms with E-state index >= 15 is 0 Å². The highest BCUT2D eigenvalue weighted by Crippen LogP contribution is 2.25. The van der Waals surface area contributed by atoms with Gasteiger partial charge >= 0.3 is 12.1 Å². The largest absolute Gasteiger partial charge is 0.477 e. The van der Waals surface area contributed by atoms with Crippen molar-refractivity contribution in [2.24, 2.45) is 0 Å². The zero-order valence-electron chi connectivity index (χ0n) is 16.0. The number of hydrogen-bond acceptors (Lipinski definition) is 7. The van der Waals surface area contributed by atoms with Gasteiger partial charge in [-0.2, -0.15) is 13.6 Å². The van der Waals surface area contributed by atoms with E-state index in [1.165, 1.54) is 12.5 Å². The Labute approximate surface area is 162 Å². The maximum atomic E-state index is 14.1. The smallest absolute Gasteiger partial charge is 0.459 e. The van der Waals surface area contributed by atoms with E-state index in [1.54, 1.807) is 18.0 Å². The van der Waals surface area contributed by atoms with Gasteiger partial charge < -0.3 is 9.15 Å². The summed E-state index contributed by atoms with van der Waals surface area (Å²) in [6.45, 7) is 2.57. The van der Waals surface area contributed by atoms with Crippen LogP contribution in [0.3, 0.4) is 0 Å². The molecule has 0 saturated carbocycles. The van der Waals surface area contributed by atoms with Crippen molar-refractivity contribution in [3.8, 4) is 0 Å². The number of esters is 1. The summed E-state index contributed by atoms with van der Waals surface area (Å²) in [5.74, 6) is -1.50. The van der Waals surface area contributed by atoms with Gasteiger partial charge in [0.25, 0.3) is 0 Å². The molecular weight excluding hydrogens is 376 g/mol. The van der Waals surface area contributed by atoms with E-state index in [2.05, 4.69) is 14.6 Å². The normalized spacial score (nSPS) is 17.9. The van der Waals surface area contributed by atoms with Gasteiger partial charge in [-0.05, 0) is 19.5 Å². The van der Waals surface area contributed by atoms with E-state index in [9.17, 15) is 18.4 Å². The molecule has 0 spiro atoms. The monoisotopic (exact) mass is 401 g/mol. The van der Waals surface area contributed by atoms with Crippen molar-refractivity contribution in [1.29, 1.82) is 0 Å². The molecular formula is C18H25F2N3O5. The molecule has 0 aliphatic carbocycles. The number of halogens is 2. The van der Waals surface area contributed by atoms with Gasteiger partial charge in [0, 0.05) is 18.7 Å². The molecule has 10 heteroatoms. The van der Waals surface area contributed by atoms with Crippen LogP contribution in [0.4, 0.5) is 8.78 Å². The summed E-state index contributed by atoms with van der Waals surface area (Å²) in [6.07, 6.45) is 3.39. The predicted octanol–water partition coefficient (Wildman–Crippen LogP) is 2.48. The molecule has 1 aromatic heterocycles. The third-order valence-corrected chi connectivity index (χ3v) is 4.16. The number of amides is 1. The molecule has 0 aromatic carbocycles. The first-order valence-corrected chi connectivity index (χ1v) is 9.14. The van der Waals surface area contributed by atoms with Crippen LogP contribution in [0, 0.1) is 0 Å². The quantitative estimate of drug-likeness (QED) is 0.244. The van der Waals surface area contributed by atoms with Crippen LogP contribution in [0.2, 0.25) is 0 Å². The molecule has 28 heavy (non-hydrogen) atoms. The molecule has 1 aliphatic heterocycles. The number of aromatic nitrogens is 1. The van der Waals surface area contributed by atoms with Crippen molar-refractivity contribution in [2.45, 2.75) is 44.8 Å². The summed E-state index contributed by atoms with van der Waals surface area (Å²) < 4.78 is 38.0. The molecule has 1 aromatic rings. The molecule has 1 unspecified atom stereocenters. The Morgan fingerprint density at radius 2 is 2.25 bits per heavy atom. The Hall–Kier alpha value is -2.33. The second kappa shape index (κ2) is 10.3. The first-order valence-electron chi connectivity index (χ1n) is 9.14. The van der Waals surface area contributed by atoms with Crippen molar-refractivity contribution in [3.05, 3.63) is 24.4 Å². The van der Waals surface area contributed by atoms with Crippen LogP contribution in [0.25, 0.3) is 5.57 Å². The van der Waals surface area contributed by atoms with E-state index in [0.29, 0.717) is 29.5 Å². The number of ether oxygens (including phenoxy) is 1. The van der Waals surface area contributed by atoms with Crippen molar-refractivity contribution in [3.63, 3.8) is 0 Å². The number of hydroxylamine groups is 2. The maximum Gasteiger partial charge on any atom is 0.477 e. The molecule has 0 radical (unpaired) electrons. The summed E-state index contributed by atoms with van der Waals surface area (Å²) in [5.41, 5.74) is 0.612. The lowest BCUT2D eigenvalue weighted by atomic mass is 10.1. The lowest BCUT2D eigenvalue weighted by Crippen LogP contribution is -2.49. The van der Waals surface area contributed by atoms with Crippen LogP contribution >= 0.6 is 0 Å². The standard InChI is InChI=1S/C18H25F2N3O5/c1-3-4-5-6-8-27-17(25)18(19,20)28-23(13-24)15-10-14(11-22(2)12-15)16-21-7-9-26-16/h7,9-10,13,15H,3-6,8,11-12H2,1-2H3. The summed E-state index contributed by atoms with van der Waals surface area (Å²) in [5, 5.41) is 0.414. The molecule has 8 nitrogen and oxygen atoms in total. The first-order chi connectivity index (χ1) is 13.4. The van der Waals surface area contributed by atoms with Gasteiger partial charge in [0.15, 0.2) is 0 Å². The van der Waals surface area contributed by atoms with Crippen LogP contribution in [-0.4, -0.2) is 66.2 Å². The van der Waals surface area contributed by atoms with Crippen molar-refractivity contribution < 1.29 is 32.4 Å². The van der Waals surface area contributed by atoms with Crippen molar-refractivity contribution in [1.82, 2.24) is 14.9 Å². The minimum absolute atomic E-state index is 0.107. The lowest BCUT2D eigenvalue weighted by Gasteiger charge is -2.34. The highest BCUT2D eigenvalue weighted by atomic mass is 19.3. The van der Waals surface area contributed by atoms with Crippen LogP contribution in [0.5, 0.6) is 0 Å². The number of rotatable bonds is 11. The number of unbranched alkanes of at least 4 members (excludes halogenated alkanes) is 3. The molecule has 2 rings (SSSR count). The lowest BCUT2D eigenvalue weighted by molar-refractivity contribution is -0.334. The zero-order valence-corrected chi connectivity index (χ0v) is 16.0. The van der Waals surface area contributed by atoms with Gasteiger partial charge in [0.05, 0.1) is 18.8 Å². The van der Waals surface area contributed by atoms with Gasteiger partial charge in [-0.1, -0.05) is 26.2 Å². The van der Waals surface area contributed by atoms with Gasteiger partial charge in [-0.15, -0.1) is 0 Å². The number of nitrogens with zero attached hydrogens (tertiary/aromatic N) is 3. The molecule has 0 bridgehead atoms. The van der Waals surface area contributed by atoms with E-state index in [4.69, 9.17) is 4.42 Å². The molecule has 1 atom stereocenters. The summed E-state index contributed by atoms with van der Waals surface area (Å²) in [4.78, 5) is 33.2. The average molecular weight is 401 g/mol. The summed E-state index contributed by atoms with van der Waals surface area (Å²) >= 11 is 0. The number of carbonyl (C=O) groups excluding carboxylic acids is 2. The second-order valence-corrected chi connectivity index (χ2v) is 6.56. The number of oxazole rings is 1. The predicted molar refractivity (Wildman–Crippen MR) is 94.8 cm³/mol. The topological polar surface area (TPSA) is 85.1 Å². The fourth-order valence-corrected chi connectivity index (χ4v) is 2.80. The van der Waals surface area contributed by atoms with Gasteiger partial charge in [-0.3, -0.25) is 9.69 Å². The Kier molecular flexibility index (Phi) is 8.06. The van der Waals surface area contributed by atoms with Gasteiger partial charge in [0.1, 0.15) is 6.26 Å². The van der Waals surface area contributed by atoms with E-state index < -0.39 is 18.1 Å². The van der Waals surface area contributed by atoms with Crippen molar-refractivity contribution >= 4 is 18.0 Å². The van der Waals surface area contributed by atoms with E-state index in [0.717, 1.165) is 19.3 Å². The first kappa shape index (κ1) is 22.0. The minimum Gasteiger partial charge on any atom is -0.459 e. The average Bonchev–Trinajstić information content (AvgIpc) is 3.20. The molecule has 0 saturated heterocycles. The Morgan fingerprint density at radius 1 is 1.46 bits per heavy atom. The van der Waals surface area contributed by atoms with Crippen LogP contribution < -0.4 is 0 Å². The second-order valence-electron chi connectivity index (χ2n) is 6.56. The Morgan fingerprint density at radius 3 is 2.89 bits per heavy atom. The highest BCUT2D eigenvalue weighted by Gasteiger charge is 2.46. The molecule has 2 heterocycles. The van der Waals surface area contributed by atoms with E-state index in [-0.39, 0.29) is 19.6 Å². The molecule has 0 N–H and O–H groups in total. The van der Waals surface area contributed by atoms with Crippen LogP contribution in [-0.2, 0) is 19.2 Å². The van der Waals surface area contributed by atoms with E-state index in [1.807, 2.05) is 6.92 Å². The number of alkyl halides is 2. The van der Waals surface area contributed by atoms with Gasteiger partial charge in [-0.25, -0.2) is 14.8 Å². The maximum absolute atomic E-state index is 14.1. The number of hydrogen-bond donors (Lipinski definition) is 0. The fraction of sp³-hybridized carbons (Fsp3) is 0.611. The zero-order chi connectivity index (χ0) is 20.6. The minimum atomic E-state index is -4.28. The molecule has 0 fully saturated rings. The SMILES string of the molecule is CCCCCCOC(=O)C(F)(F)ON(C=O)C1C=C(c2ncco2)CN(C)C1. The van der Waals surface area contributed by atoms with Crippen molar-refractivity contribution in [2.75, 3.05) is 26.7 Å². The Bertz CT molecular complexity index is 666. The Balaban J connectivity index is 2.00. The molecule has 1 amide bonds. The van der Waals surface area contributed by atoms with Gasteiger partial charge in [0.2, 0.25) is 12.3 Å².